The molecule has 0 fully saturated rings. The first-order valence-corrected chi connectivity index (χ1v) is 1.65. The Balaban J connectivity index is 0. The molecule has 0 amide bonds. The van der Waals surface area contributed by atoms with Gasteiger partial charge in [-0.25, -0.2) is 0 Å². The summed E-state index contributed by atoms with van der Waals surface area (Å²) in [6.45, 7) is 3.60. The van der Waals surface area contributed by atoms with Gasteiger partial charge in [0, 0.05) is 32.7 Å². The molecule has 1 radical (unpaired) electrons. The van der Waals surface area contributed by atoms with Crippen LogP contribution in [0.4, 0.5) is 0 Å². The second-order valence-corrected chi connectivity index (χ2v) is 1.27. The van der Waals surface area contributed by atoms with Crippen LogP contribution in [0, 0.1) is 5.92 Å². The molecule has 1 nitrogen and oxygen atoms in total. The minimum absolute atomic E-state index is 0. The molecule has 0 heterocycles. The molecule has 0 aromatic heterocycles. The zero-order valence-corrected chi connectivity index (χ0v) is 6.90. The molecular weight excluding hydrogens is 153 g/mol. The maximum atomic E-state index is 9.38. The van der Waals surface area contributed by atoms with Crippen LogP contribution in [0.3, 0.4) is 0 Å². The second kappa shape index (κ2) is 5.77. The van der Waals surface area contributed by atoms with Gasteiger partial charge in [0.25, 0.3) is 0 Å². The minimum atomic E-state index is 0. The summed E-state index contributed by atoms with van der Waals surface area (Å²) in [5, 5.41) is 0. The van der Waals surface area contributed by atoms with E-state index < -0.39 is 0 Å². The molecular formula is C4H7OY-. The van der Waals surface area contributed by atoms with Gasteiger partial charge < -0.3 is 4.79 Å². The van der Waals surface area contributed by atoms with Gasteiger partial charge in [0.1, 0.15) is 0 Å². The summed E-state index contributed by atoms with van der Waals surface area (Å²) in [5.74, 6) is 0.0787. The molecule has 0 rings (SSSR count). The fraction of sp³-hybridized carbons (Fsp3) is 0.750. The van der Waals surface area contributed by atoms with Crippen molar-refractivity contribution in [3.8, 4) is 0 Å². The third-order valence-corrected chi connectivity index (χ3v) is 0.236. The van der Waals surface area contributed by atoms with Crippen LogP contribution in [0.5, 0.6) is 0 Å². The van der Waals surface area contributed by atoms with Gasteiger partial charge in [-0.3, -0.25) is 6.29 Å². The quantitative estimate of drug-likeness (QED) is 0.517. The molecule has 0 aliphatic carbocycles. The number of rotatable bonds is 1. The van der Waals surface area contributed by atoms with Crippen molar-refractivity contribution in [3.05, 3.63) is 0 Å². The molecule has 0 saturated carbocycles. The number of carbonyl (C=O) groups excluding carboxylic acids is 1. The van der Waals surface area contributed by atoms with Crippen LogP contribution >= 0.6 is 0 Å². The van der Waals surface area contributed by atoms with Gasteiger partial charge in [0.2, 0.25) is 0 Å². The third-order valence-electron chi connectivity index (χ3n) is 0.236. The fourth-order valence-corrected chi connectivity index (χ4v) is 0. The van der Waals surface area contributed by atoms with E-state index in [2.05, 4.69) is 0 Å². The molecule has 6 heavy (non-hydrogen) atoms. The van der Waals surface area contributed by atoms with E-state index in [9.17, 15) is 4.79 Å². The van der Waals surface area contributed by atoms with Crippen LogP contribution in [0.2, 0.25) is 0 Å². The van der Waals surface area contributed by atoms with Gasteiger partial charge in [-0.2, -0.15) is 0 Å². The summed E-state index contributed by atoms with van der Waals surface area (Å²) in [6.07, 6.45) is 1.78. The summed E-state index contributed by atoms with van der Waals surface area (Å²) >= 11 is 0. The van der Waals surface area contributed by atoms with Crippen molar-refractivity contribution < 1.29 is 37.5 Å². The topological polar surface area (TPSA) is 17.1 Å². The Kier molecular flexibility index (Phi) is 9.54. The molecule has 0 N–H and O–H groups in total. The summed E-state index contributed by atoms with van der Waals surface area (Å²) in [5.41, 5.74) is 0. The summed E-state index contributed by atoms with van der Waals surface area (Å²) in [4.78, 5) is 9.38. The van der Waals surface area contributed by atoms with Gasteiger partial charge in [0.15, 0.2) is 0 Å². The van der Waals surface area contributed by atoms with E-state index in [-0.39, 0.29) is 38.6 Å². The summed E-state index contributed by atoms with van der Waals surface area (Å²) in [7, 11) is 0. The molecule has 0 aliphatic rings. The number of hydrogen-bond acceptors (Lipinski definition) is 1. The summed E-state index contributed by atoms with van der Waals surface area (Å²) < 4.78 is 0. The van der Waals surface area contributed by atoms with Crippen molar-refractivity contribution in [3.63, 3.8) is 0 Å². The fourth-order valence-electron chi connectivity index (χ4n) is 0. The maximum absolute atomic E-state index is 9.38. The van der Waals surface area contributed by atoms with Crippen LogP contribution in [0.15, 0.2) is 0 Å². The van der Waals surface area contributed by atoms with Crippen LogP contribution in [0.1, 0.15) is 13.8 Å². The van der Waals surface area contributed by atoms with Gasteiger partial charge in [-0.05, 0) is 0 Å². The minimum Gasteiger partial charge on any atom is -0.542 e. The number of hydrogen-bond donors (Lipinski definition) is 0. The SMILES string of the molecule is CC(C)[C-]=O.[Y]. The van der Waals surface area contributed by atoms with E-state index in [0.29, 0.717) is 0 Å². The molecule has 0 atom stereocenters. The maximum Gasteiger partial charge on any atom is 0 e. The third kappa shape index (κ3) is 8.84. The predicted octanol–water partition coefficient (Wildman–Crippen LogP) is 0.750. The van der Waals surface area contributed by atoms with Crippen molar-refractivity contribution in [2.24, 2.45) is 5.92 Å². The normalized spacial score (nSPS) is 7.17. The van der Waals surface area contributed by atoms with Crippen molar-refractivity contribution >= 4 is 6.29 Å². The van der Waals surface area contributed by atoms with Crippen molar-refractivity contribution in [2.45, 2.75) is 13.8 Å². The van der Waals surface area contributed by atoms with Gasteiger partial charge in [-0.15, -0.1) is 5.92 Å². The Bertz CT molecular complexity index is 34.5. The Morgan fingerprint density at radius 1 is 1.50 bits per heavy atom. The Morgan fingerprint density at radius 2 is 1.67 bits per heavy atom. The zero-order chi connectivity index (χ0) is 4.28. The van der Waals surface area contributed by atoms with E-state index >= 15 is 0 Å². The Labute approximate surface area is 63.4 Å². The van der Waals surface area contributed by atoms with Crippen LogP contribution in [-0.2, 0) is 37.5 Å². The largest absolute Gasteiger partial charge is 0.542 e. The Morgan fingerprint density at radius 3 is 1.67 bits per heavy atom. The van der Waals surface area contributed by atoms with Gasteiger partial charge >= 0.3 is 0 Å². The van der Waals surface area contributed by atoms with Gasteiger partial charge in [-0.1, -0.05) is 13.8 Å². The van der Waals surface area contributed by atoms with E-state index in [1.54, 1.807) is 20.1 Å². The molecule has 0 aromatic carbocycles. The molecule has 0 spiro atoms. The van der Waals surface area contributed by atoms with Crippen LogP contribution < -0.4 is 0 Å². The molecule has 2 heteroatoms. The first-order valence-electron chi connectivity index (χ1n) is 1.65. The monoisotopic (exact) mass is 160 g/mol. The molecule has 0 bridgehead atoms. The average molecular weight is 160 g/mol. The Hall–Kier alpha value is 0.774. The van der Waals surface area contributed by atoms with Crippen molar-refractivity contribution in [2.75, 3.05) is 0 Å². The van der Waals surface area contributed by atoms with E-state index in [1.807, 2.05) is 0 Å². The van der Waals surface area contributed by atoms with Gasteiger partial charge in [0.05, 0.1) is 0 Å². The molecule has 0 aliphatic heterocycles. The van der Waals surface area contributed by atoms with E-state index in [1.165, 1.54) is 0 Å². The summed E-state index contributed by atoms with van der Waals surface area (Å²) in [6, 6.07) is 0. The van der Waals surface area contributed by atoms with E-state index in [4.69, 9.17) is 0 Å². The smallest absolute Gasteiger partial charge is 0 e. The molecule has 0 unspecified atom stereocenters. The first kappa shape index (κ1) is 9.91. The first-order chi connectivity index (χ1) is 2.27. The van der Waals surface area contributed by atoms with Crippen LogP contribution in [-0.4, -0.2) is 6.29 Å². The molecule has 0 aromatic rings. The van der Waals surface area contributed by atoms with Crippen LogP contribution in [0.25, 0.3) is 0 Å². The average Bonchev–Trinajstić information content (AvgIpc) is 1.38. The molecule has 33 valence electrons. The zero-order valence-electron chi connectivity index (χ0n) is 4.06. The van der Waals surface area contributed by atoms with Crippen molar-refractivity contribution in [1.82, 2.24) is 0 Å². The van der Waals surface area contributed by atoms with E-state index in [0.717, 1.165) is 0 Å². The predicted molar refractivity (Wildman–Crippen MR) is 20.5 cm³/mol. The standard InChI is InChI=1S/C4H7O.Y/c1-4(2)3-5;/h4H,1-2H3;/q-1;. The molecule has 0 saturated heterocycles. The van der Waals surface area contributed by atoms with Crippen molar-refractivity contribution in [1.29, 1.82) is 0 Å². The second-order valence-electron chi connectivity index (χ2n) is 1.27.